The summed E-state index contributed by atoms with van der Waals surface area (Å²) in [7, 11) is 1.76. The van der Waals surface area contributed by atoms with Gasteiger partial charge in [-0.1, -0.05) is 42.5 Å². The molecule has 4 rings (SSSR count). The molecule has 0 saturated carbocycles. The molecule has 6 heteroatoms. The van der Waals surface area contributed by atoms with E-state index in [-0.39, 0.29) is 11.9 Å². The van der Waals surface area contributed by atoms with Gasteiger partial charge in [0, 0.05) is 57.5 Å². The molecule has 1 amide bonds. The first-order valence-electron chi connectivity index (χ1n) is 13.9. The summed E-state index contributed by atoms with van der Waals surface area (Å²) in [4.78, 5) is 20.0. The van der Waals surface area contributed by atoms with Crippen molar-refractivity contribution in [3.8, 4) is 0 Å². The van der Waals surface area contributed by atoms with Gasteiger partial charge in [-0.2, -0.15) is 0 Å². The van der Waals surface area contributed by atoms with Crippen LogP contribution >= 0.6 is 0 Å². The summed E-state index contributed by atoms with van der Waals surface area (Å²) >= 11 is 0. The van der Waals surface area contributed by atoms with Crippen LogP contribution in [0.1, 0.15) is 44.2 Å². The summed E-state index contributed by atoms with van der Waals surface area (Å²) in [5, 5.41) is 6.82. The van der Waals surface area contributed by atoms with Crippen molar-refractivity contribution in [2.45, 2.75) is 64.2 Å². The van der Waals surface area contributed by atoms with Crippen molar-refractivity contribution < 1.29 is 4.79 Å². The van der Waals surface area contributed by atoms with Gasteiger partial charge in [-0.3, -0.25) is 9.69 Å². The molecule has 0 aliphatic carbocycles. The van der Waals surface area contributed by atoms with Gasteiger partial charge in [-0.15, -0.1) is 0 Å². The standard InChI is InChI=1S/C30H45N5O/c1-4-34(5-2)28-13-11-25(12-14-28)22-35-23-27(21-29(35)30(36)31-3)32-26-16-19-33(20-17-26)18-15-24-9-7-6-8-10-24/h6-14,26-27,29,32H,4-5,15-23H2,1-3H3,(H,31,36)/t27-,29-/m0/s1. The number of likely N-dealkylation sites (tertiary alicyclic amines) is 2. The van der Waals surface area contributed by atoms with Crippen molar-refractivity contribution >= 4 is 11.6 Å². The second kappa shape index (κ2) is 13.2. The zero-order chi connectivity index (χ0) is 25.3. The molecule has 2 aromatic rings. The number of carbonyl (C=O) groups is 1. The van der Waals surface area contributed by atoms with Gasteiger partial charge >= 0.3 is 0 Å². The molecule has 0 spiro atoms. The lowest BCUT2D eigenvalue weighted by Gasteiger charge is -2.34. The smallest absolute Gasteiger partial charge is 0.237 e. The molecular weight excluding hydrogens is 446 g/mol. The Kier molecular flexibility index (Phi) is 9.79. The molecule has 0 radical (unpaired) electrons. The second-order valence-electron chi connectivity index (χ2n) is 10.3. The second-order valence-corrected chi connectivity index (χ2v) is 10.3. The number of likely N-dealkylation sites (N-methyl/N-ethyl adjacent to an activating group) is 1. The maximum Gasteiger partial charge on any atom is 0.237 e. The summed E-state index contributed by atoms with van der Waals surface area (Å²) < 4.78 is 0. The lowest BCUT2D eigenvalue weighted by atomic mass is 10.0. The number of nitrogens with one attached hydrogen (secondary N) is 2. The molecule has 6 nitrogen and oxygen atoms in total. The molecule has 36 heavy (non-hydrogen) atoms. The van der Waals surface area contributed by atoms with Crippen molar-refractivity contribution in [1.29, 1.82) is 0 Å². The largest absolute Gasteiger partial charge is 0.372 e. The van der Waals surface area contributed by atoms with Gasteiger partial charge in [0.15, 0.2) is 0 Å². The molecule has 2 atom stereocenters. The van der Waals surface area contributed by atoms with E-state index in [4.69, 9.17) is 0 Å². The highest BCUT2D eigenvalue weighted by Crippen LogP contribution is 2.24. The Morgan fingerprint density at radius 1 is 0.944 bits per heavy atom. The molecule has 2 heterocycles. The Morgan fingerprint density at radius 3 is 2.28 bits per heavy atom. The van der Waals surface area contributed by atoms with Crippen molar-refractivity contribution in [3.05, 3.63) is 65.7 Å². The lowest BCUT2D eigenvalue weighted by Crippen LogP contribution is -2.47. The molecule has 2 saturated heterocycles. The molecule has 2 aliphatic rings. The fourth-order valence-electron chi connectivity index (χ4n) is 5.86. The summed E-state index contributed by atoms with van der Waals surface area (Å²) in [6.07, 6.45) is 4.37. The molecule has 2 N–H and O–H groups in total. The minimum absolute atomic E-state index is 0.0686. The maximum absolute atomic E-state index is 12.7. The third-order valence-electron chi connectivity index (χ3n) is 8.02. The van der Waals surface area contributed by atoms with Gasteiger partial charge in [0.1, 0.15) is 0 Å². The minimum Gasteiger partial charge on any atom is -0.372 e. The lowest BCUT2D eigenvalue weighted by molar-refractivity contribution is -0.125. The highest BCUT2D eigenvalue weighted by Gasteiger charge is 2.37. The highest BCUT2D eigenvalue weighted by molar-refractivity contribution is 5.81. The third kappa shape index (κ3) is 7.09. The van der Waals surface area contributed by atoms with E-state index in [1.807, 2.05) is 0 Å². The average molecular weight is 492 g/mol. The van der Waals surface area contributed by atoms with E-state index >= 15 is 0 Å². The Balaban J connectivity index is 1.27. The van der Waals surface area contributed by atoms with Gasteiger partial charge in [-0.25, -0.2) is 0 Å². The van der Waals surface area contributed by atoms with Crippen LogP contribution in [-0.4, -0.2) is 80.1 Å². The first-order chi connectivity index (χ1) is 17.6. The van der Waals surface area contributed by atoms with Gasteiger partial charge < -0.3 is 20.4 Å². The summed E-state index contributed by atoms with van der Waals surface area (Å²) in [6.45, 7) is 11.6. The Morgan fingerprint density at radius 2 is 1.64 bits per heavy atom. The van der Waals surface area contributed by atoms with E-state index in [1.165, 1.54) is 29.7 Å². The van der Waals surface area contributed by atoms with E-state index in [2.05, 4.69) is 93.8 Å². The minimum atomic E-state index is -0.0686. The van der Waals surface area contributed by atoms with Gasteiger partial charge in [0.05, 0.1) is 6.04 Å². The van der Waals surface area contributed by atoms with E-state index in [9.17, 15) is 4.79 Å². The zero-order valence-corrected chi connectivity index (χ0v) is 22.5. The highest BCUT2D eigenvalue weighted by atomic mass is 16.2. The fourth-order valence-corrected chi connectivity index (χ4v) is 5.86. The summed E-state index contributed by atoms with van der Waals surface area (Å²) in [5.74, 6) is 0.134. The first kappa shape index (κ1) is 26.6. The Hall–Kier alpha value is -2.41. The first-order valence-corrected chi connectivity index (χ1v) is 13.9. The van der Waals surface area contributed by atoms with Crippen LogP contribution in [-0.2, 0) is 17.8 Å². The number of rotatable bonds is 11. The van der Waals surface area contributed by atoms with Crippen LogP contribution in [0.4, 0.5) is 5.69 Å². The van der Waals surface area contributed by atoms with Crippen molar-refractivity contribution in [2.75, 3.05) is 51.2 Å². The van der Waals surface area contributed by atoms with Gasteiger partial charge in [-0.05, 0) is 75.9 Å². The molecule has 196 valence electrons. The topological polar surface area (TPSA) is 50.9 Å². The number of anilines is 1. The predicted molar refractivity (Wildman–Crippen MR) is 149 cm³/mol. The molecule has 0 bridgehead atoms. The van der Waals surface area contributed by atoms with Gasteiger partial charge in [0.2, 0.25) is 5.91 Å². The van der Waals surface area contributed by atoms with Crippen LogP contribution in [0.25, 0.3) is 0 Å². The van der Waals surface area contributed by atoms with Crippen molar-refractivity contribution in [1.82, 2.24) is 20.4 Å². The van der Waals surface area contributed by atoms with Crippen molar-refractivity contribution in [2.24, 2.45) is 0 Å². The van der Waals surface area contributed by atoms with Crippen LogP contribution in [0.5, 0.6) is 0 Å². The van der Waals surface area contributed by atoms with Crippen LogP contribution in [0.3, 0.4) is 0 Å². The number of hydrogen-bond acceptors (Lipinski definition) is 5. The van der Waals surface area contributed by atoms with E-state index < -0.39 is 0 Å². The summed E-state index contributed by atoms with van der Waals surface area (Å²) in [6, 6.07) is 20.5. The van der Waals surface area contributed by atoms with Crippen LogP contribution in [0, 0.1) is 0 Å². The molecule has 0 aromatic heterocycles. The predicted octanol–water partition coefficient (Wildman–Crippen LogP) is 3.52. The normalized spacial score (nSPS) is 21.5. The number of nitrogens with zero attached hydrogens (tertiary/aromatic N) is 3. The quantitative estimate of drug-likeness (QED) is 0.504. The molecule has 0 unspecified atom stereocenters. The molecule has 2 aromatic carbocycles. The molecule has 2 aliphatic heterocycles. The number of piperidine rings is 1. The van der Waals surface area contributed by atoms with E-state index in [1.54, 1.807) is 7.05 Å². The Labute approximate surface area is 218 Å². The fraction of sp³-hybridized carbons (Fsp3) is 0.567. The zero-order valence-electron chi connectivity index (χ0n) is 22.5. The molecular formula is C30H45N5O. The monoisotopic (exact) mass is 491 g/mol. The summed E-state index contributed by atoms with van der Waals surface area (Å²) in [5.41, 5.74) is 3.96. The number of benzene rings is 2. The van der Waals surface area contributed by atoms with E-state index in [0.717, 1.165) is 58.7 Å². The SMILES string of the molecule is CCN(CC)c1ccc(CN2C[C@@H](NC3CCN(CCc4ccccc4)CC3)C[C@H]2C(=O)NC)cc1. The van der Waals surface area contributed by atoms with Gasteiger partial charge in [0.25, 0.3) is 0 Å². The van der Waals surface area contributed by atoms with Crippen LogP contribution in [0.15, 0.2) is 54.6 Å². The van der Waals surface area contributed by atoms with E-state index in [0.29, 0.717) is 12.1 Å². The number of carbonyl (C=O) groups excluding carboxylic acids is 1. The number of hydrogen-bond donors (Lipinski definition) is 2. The molecule has 2 fully saturated rings. The number of amides is 1. The Bertz CT molecular complexity index is 922. The maximum atomic E-state index is 12.7. The van der Waals surface area contributed by atoms with Crippen molar-refractivity contribution in [3.63, 3.8) is 0 Å². The van der Waals surface area contributed by atoms with Crippen LogP contribution < -0.4 is 15.5 Å². The average Bonchev–Trinajstić information content (AvgIpc) is 3.32. The van der Waals surface area contributed by atoms with Crippen LogP contribution in [0.2, 0.25) is 0 Å². The third-order valence-corrected chi connectivity index (χ3v) is 8.02.